The first-order valence-corrected chi connectivity index (χ1v) is 14.1. The summed E-state index contributed by atoms with van der Waals surface area (Å²) in [5.74, 6) is 0.121. The van der Waals surface area contributed by atoms with Gasteiger partial charge in [0.1, 0.15) is 5.84 Å². The number of amidine groups is 1. The number of benzene rings is 7. The summed E-state index contributed by atoms with van der Waals surface area (Å²) in [6.45, 7) is 2.82. The molecule has 0 radical (unpaired) electrons. The number of fused-ring (bicyclic) bond motifs is 6. The Morgan fingerprint density at radius 1 is 0.524 bits per heavy atom. The van der Waals surface area contributed by atoms with Crippen molar-refractivity contribution in [3.63, 3.8) is 0 Å². The molecule has 0 aromatic heterocycles. The summed E-state index contributed by atoms with van der Waals surface area (Å²) in [7, 11) is 0. The molecular weight excluding hydrogens is 510 g/mol. The van der Waals surface area contributed by atoms with Crippen molar-refractivity contribution in [2.45, 2.75) is 13.5 Å². The van der Waals surface area contributed by atoms with Crippen LogP contribution in [-0.4, -0.2) is 5.84 Å². The summed E-state index contributed by atoms with van der Waals surface area (Å²) in [5.41, 5.74) is 16.4. The summed E-state index contributed by atoms with van der Waals surface area (Å²) in [6.07, 6.45) is 0. The van der Waals surface area contributed by atoms with Crippen molar-refractivity contribution in [1.82, 2.24) is 0 Å². The third-order valence-electron chi connectivity index (χ3n) is 7.36. The van der Waals surface area contributed by atoms with Crippen LogP contribution in [0.4, 0.5) is 0 Å². The summed E-state index contributed by atoms with van der Waals surface area (Å²) in [4.78, 5) is 0. The van der Waals surface area contributed by atoms with Gasteiger partial charge < -0.3 is 11.5 Å². The monoisotopic (exact) mass is 545 g/mol. The first kappa shape index (κ1) is 28.3. The van der Waals surface area contributed by atoms with Crippen LogP contribution in [0.15, 0.2) is 152 Å². The van der Waals surface area contributed by atoms with Crippen molar-refractivity contribution in [3.05, 3.63) is 168 Å². The second kappa shape index (κ2) is 13.4. The second-order valence-corrected chi connectivity index (χ2v) is 10.1. The van der Waals surface area contributed by atoms with Gasteiger partial charge in [0, 0.05) is 12.1 Å². The van der Waals surface area contributed by atoms with Crippen molar-refractivity contribution in [2.75, 3.05) is 0 Å². The zero-order valence-electron chi connectivity index (χ0n) is 23.8. The maximum absolute atomic E-state index is 7.01. The first-order valence-electron chi connectivity index (χ1n) is 14.1. The predicted octanol–water partition coefficient (Wildman–Crippen LogP) is 9.24. The summed E-state index contributed by atoms with van der Waals surface area (Å²) < 4.78 is 0. The molecule has 0 aliphatic rings. The van der Waals surface area contributed by atoms with E-state index >= 15 is 0 Å². The quantitative estimate of drug-likeness (QED) is 0.118. The van der Waals surface area contributed by atoms with E-state index in [-0.39, 0.29) is 5.84 Å². The molecule has 0 atom stereocenters. The Morgan fingerprint density at radius 2 is 0.976 bits per heavy atom. The third kappa shape index (κ3) is 6.38. The molecule has 0 bridgehead atoms. The zero-order valence-corrected chi connectivity index (χ0v) is 23.8. The fourth-order valence-corrected chi connectivity index (χ4v) is 5.20. The van der Waals surface area contributed by atoms with E-state index in [1.807, 2.05) is 60.7 Å². The second-order valence-electron chi connectivity index (χ2n) is 10.1. The van der Waals surface area contributed by atoms with Gasteiger partial charge in [-0.3, -0.25) is 5.41 Å². The smallest absolute Gasteiger partial charge is 0.122 e. The van der Waals surface area contributed by atoms with Gasteiger partial charge in [0.2, 0.25) is 0 Å². The normalized spacial score (nSPS) is 10.4. The van der Waals surface area contributed by atoms with Gasteiger partial charge in [-0.15, -0.1) is 0 Å². The van der Waals surface area contributed by atoms with Crippen LogP contribution in [0.5, 0.6) is 0 Å². The van der Waals surface area contributed by atoms with E-state index in [0.717, 1.165) is 5.56 Å². The van der Waals surface area contributed by atoms with Gasteiger partial charge in [-0.05, 0) is 67.6 Å². The molecule has 0 saturated carbocycles. The van der Waals surface area contributed by atoms with Crippen LogP contribution in [0.3, 0.4) is 0 Å². The molecule has 0 amide bonds. The van der Waals surface area contributed by atoms with Gasteiger partial charge in [-0.25, -0.2) is 0 Å². The molecule has 3 nitrogen and oxygen atoms in total. The highest BCUT2D eigenvalue weighted by Crippen LogP contribution is 2.37. The van der Waals surface area contributed by atoms with E-state index in [0.29, 0.717) is 6.54 Å². The largest absolute Gasteiger partial charge is 0.384 e. The van der Waals surface area contributed by atoms with E-state index in [1.165, 1.54) is 54.6 Å². The average Bonchev–Trinajstić information content (AvgIpc) is 3.06. The number of rotatable bonds is 3. The summed E-state index contributed by atoms with van der Waals surface area (Å²) in [5, 5.41) is 15.0. The minimum atomic E-state index is 0.121. The summed E-state index contributed by atoms with van der Waals surface area (Å²) >= 11 is 0. The molecule has 0 aliphatic carbocycles. The van der Waals surface area contributed by atoms with Gasteiger partial charge in [-0.2, -0.15) is 0 Å². The zero-order chi connectivity index (χ0) is 29.3. The molecule has 7 aromatic carbocycles. The maximum atomic E-state index is 7.01. The SMILES string of the molecule is Cc1ccccc1-c1ccc2c3ccccc3c3ccccc3c2c1.N=C(N)c1ccccc1.NCc1ccccc1. The van der Waals surface area contributed by atoms with Gasteiger partial charge in [0.25, 0.3) is 0 Å². The van der Waals surface area contributed by atoms with Crippen LogP contribution >= 0.6 is 0 Å². The molecule has 3 heteroatoms. The van der Waals surface area contributed by atoms with Crippen molar-refractivity contribution in [1.29, 1.82) is 5.41 Å². The fourth-order valence-electron chi connectivity index (χ4n) is 5.20. The Bertz CT molecular complexity index is 1910. The lowest BCUT2D eigenvalue weighted by atomic mass is 9.91. The third-order valence-corrected chi connectivity index (χ3v) is 7.36. The Labute approximate surface area is 247 Å². The Morgan fingerprint density at radius 3 is 1.45 bits per heavy atom. The lowest BCUT2D eigenvalue weighted by Gasteiger charge is -2.12. The first-order chi connectivity index (χ1) is 20.6. The lowest BCUT2D eigenvalue weighted by molar-refractivity contribution is 1.07. The Kier molecular flexibility index (Phi) is 9.03. The molecule has 42 heavy (non-hydrogen) atoms. The number of hydrogen-bond acceptors (Lipinski definition) is 2. The molecule has 206 valence electrons. The van der Waals surface area contributed by atoms with Crippen LogP contribution in [0, 0.1) is 12.3 Å². The van der Waals surface area contributed by atoms with Crippen LogP contribution in [0.25, 0.3) is 43.4 Å². The minimum absolute atomic E-state index is 0.121. The van der Waals surface area contributed by atoms with Crippen molar-refractivity contribution < 1.29 is 0 Å². The topological polar surface area (TPSA) is 75.9 Å². The molecule has 0 heterocycles. The van der Waals surface area contributed by atoms with Crippen molar-refractivity contribution >= 4 is 38.2 Å². The molecule has 7 aromatic rings. The lowest BCUT2D eigenvalue weighted by Crippen LogP contribution is -2.10. The maximum Gasteiger partial charge on any atom is 0.122 e. The number of nitrogen functional groups attached to an aromatic ring is 1. The Balaban J connectivity index is 0.000000170. The number of nitrogens with one attached hydrogen (secondary N) is 1. The van der Waals surface area contributed by atoms with E-state index < -0.39 is 0 Å². The molecular formula is C39H35N3. The minimum Gasteiger partial charge on any atom is -0.384 e. The van der Waals surface area contributed by atoms with Crippen LogP contribution < -0.4 is 11.5 Å². The van der Waals surface area contributed by atoms with Crippen LogP contribution in [0.1, 0.15) is 16.7 Å². The fraction of sp³-hybridized carbons (Fsp3) is 0.0513. The highest BCUT2D eigenvalue weighted by atomic mass is 14.7. The van der Waals surface area contributed by atoms with Crippen LogP contribution in [-0.2, 0) is 6.54 Å². The molecule has 0 spiro atoms. The van der Waals surface area contributed by atoms with Crippen molar-refractivity contribution in [3.8, 4) is 11.1 Å². The number of nitrogens with two attached hydrogens (primary N) is 2. The van der Waals surface area contributed by atoms with E-state index in [2.05, 4.69) is 97.9 Å². The van der Waals surface area contributed by atoms with Gasteiger partial charge in [0.05, 0.1) is 0 Å². The van der Waals surface area contributed by atoms with Gasteiger partial charge in [-0.1, -0.05) is 146 Å². The highest BCUT2D eigenvalue weighted by molar-refractivity contribution is 6.25. The molecule has 0 fully saturated rings. The van der Waals surface area contributed by atoms with Crippen LogP contribution in [0.2, 0.25) is 0 Å². The van der Waals surface area contributed by atoms with E-state index in [4.69, 9.17) is 16.9 Å². The molecule has 5 N–H and O–H groups in total. The standard InChI is InChI=1S/C25H18.C7H8N2.C7H9N/c1-17-8-2-3-9-19(17)18-14-15-24-22-12-5-4-10-20(22)21-11-6-7-13-23(21)25(24)16-18;8-7(9)6-4-2-1-3-5-6;8-6-7-4-2-1-3-5-7/h2-16H,1H3;1-5H,(H3,8,9);1-5H,6,8H2. The Hall–Kier alpha value is -5.25. The molecule has 0 aliphatic heterocycles. The molecule has 7 rings (SSSR count). The highest BCUT2D eigenvalue weighted by Gasteiger charge is 2.10. The van der Waals surface area contributed by atoms with E-state index in [9.17, 15) is 0 Å². The summed E-state index contributed by atoms with van der Waals surface area (Å²) in [6, 6.07) is 52.2. The average molecular weight is 546 g/mol. The van der Waals surface area contributed by atoms with Gasteiger partial charge >= 0.3 is 0 Å². The number of hydrogen-bond donors (Lipinski definition) is 3. The van der Waals surface area contributed by atoms with Gasteiger partial charge in [0.15, 0.2) is 0 Å². The molecule has 0 saturated heterocycles. The van der Waals surface area contributed by atoms with Crippen molar-refractivity contribution in [2.24, 2.45) is 11.5 Å². The predicted molar refractivity (Wildman–Crippen MR) is 181 cm³/mol. The number of aryl methyl sites for hydroxylation is 1. The molecule has 0 unspecified atom stereocenters. The van der Waals surface area contributed by atoms with E-state index in [1.54, 1.807) is 0 Å².